The Labute approximate surface area is 147 Å². The van der Waals surface area contributed by atoms with Crippen molar-refractivity contribution in [3.8, 4) is 0 Å². The van der Waals surface area contributed by atoms with Crippen molar-refractivity contribution >= 4 is 29.1 Å². The van der Waals surface area contributed by atoms with Gasteiger partial charge in [-0.1, -0.05) is 41.8 Å². The molecular formula is C18H24Cl2N2O. The van der Waals surface area contributed by atoms with E-state index in [4.69, 9.17) is 28.9 Å². The Morgan fingerprint density at radius 2 is 1.91 bits per heavy atom. The molecule has 0 aromatic heterocycles. The molecule has 0 radical (unpaired) electrons. The van der Waals surface area contributed by atoms with Gasteiger partial charge in [-0.25, -0.2) is 0 Å². The molecule has 2 bridgehead atoms. The molecule has 2 fully saturated rings. The zero-order chi connectivity index (χ0) is 16.4. The molecule has 0 heterocycles. The Kier molecular flexibility index (Phi) is 5.50. The lowest BCUT2D eigenvalue weighted by Gasteiger charge is -2.43. The van der Waals surface area contributed by atoms with Crippen LogP contribution in [0.15, 0.2) is 18.2 Å². The van der Waals surface area contributed by atoms with Gasteiger partial charge in [0.25, 0.3) is 0 Å². The molecule has 0 saturated heterocycles. The Morgan fingerprint density at radius 3 is 2.61 bits per heavy atom. The van der Waals surface area contributed by atoms with E-state index in [0.717, 1.165) is 18.4 Å². The van der Waals surface area contributed by atoms with E-state index < -0.39 is 0 Å². The Bertz CT molecular complexity index is 564. The number of carbonyl (C=O) groups excluding carboxylic acids is 1. The largest absolute Gasteiger partial charge is 0.356 e. The number of fused-ring (bicyclic) bond motifs is 2. The molecule has 2 aliphatic carbocycles. The molecule has 3 N–H and O–H groups in total. The lowest BCUT2D eigenvalue weighted by Crippen LogP contribution is -2.49. The predicted octanol–water partition coefficient (Wildman–Crippen LogP) is 3.81. The topological polar surface area (TPSA) is 55.1 Å². The number of amides is 1. The first-order chi connectivity index (χ1) is 11.1. The number of benzene rings is 1. The minimum atomic E-state index is 0.125. The maximum Gasteiger partial charge on any atom is 0.223 e. The van der Waals surface area contributed by atoms with Crippen molar-refractivity contribution in [2.24, 2.45) is 23.5 Å². The van der Waals surface area contributed by atoms with Crippen molar-refractivity contribution in [2.45, 2.75) is 44.6 Å². The summed E-state index contributed by atoms with van der Waals surface area (Å²) in [6.45, 7) is 0.594. The summed E-state index contributed by atoms with van der Waals surface area (Å²) < 4.78 is 0. The second kappa shape index (κ2) is 7.42. The molecule has 2 unspecified atom stereocenters. The summed E-state index contributed by atoms with van der Waals surface area (Å²) in [4.78, 5) is 12.5. The summed E-state index contributed by atoms with van der Waals surface area (Å²) in [7, 11) is 0. The van der Waals surface area contributed by atoms with E-state index in [1.54, 1.807) is 6.07 Å². The Hall–Kier alpha value is -0.770. The van der Waals surface area contributed by atoms with Gasteiger partial charge >= 0.3 is 0 Å². The average Bonchev–Trinajstić information content (AvgIpc) is 2.51. The van der Waals surface area contributed by atoms with Crippen molar-refractivity contribution in [1.29, 1.82) is 0 Å². The summed E-state index contributed by atoms with van der Waals surface area (Å²) >= 11 is 12.2. The minimum absolute atomic E-state index is 0.125. The van der Waals surface area contributed by atoms with Gasteiger partial charge in [-0.15, -0.1) is 0 Å². The normalized spacial score (nSPS) is 30.0. The quantitative estimate of drug-likeness (QED) is 0.863. The third-order valence-electron chi connectivity index (χ3n) is 5.51. The Morgan fingerprint density at radius 1 is 1.22 bits per heavy atom. The highest BCUT2D eigenvalue weighted by atomic mass is 35.5. The van der Waals surface area contributed by atoms with Crippen LogP contribution < -0.4 is 11.1 Å². The molecule has 0 spiro atoms. The van der Waals surface area contributed by atoms with Gasteiger partial charge in [0.1, 0.15) is 0 Å². The zero-order valence-electron chi connectivity index (χ0n) is 13.2. The summed E-state index contributed by atoms with van der Waals surface area (Å²) in [5.41, 5.74) is 7.27. The van der Waals surface area contributed by atoms with Crippen LogP contribution in [0.4, 0.5) is 0 Å². The van der Waals surface area contributed by atoms with E-state index in [1.165, 1.54) is 19.3 Å². The van der Waals surface area contributed by atoms with Crippen molar-refractivity contribution < 1.29 is 4.79 Å². The first kappa shape index (κ1) is 17.1. The van der Waals surface area contributed by atoms with Gasteiger partial charge in [-0.2, -0.15) is 0 Å². The van der Waals surface area contributed by atoms with Crippen molar-refractivity contribution in [2.75, 3.05) is 6.54 Å². The van der Waals surface area contributed by atoms with E-state index in [2.05, 4.69) is 5.32 Å². The van der Waals surface area contributed by atoms with Gasteiger partial charge < -0.3 is 11.1 Å². The summed E-state index contributed by atoms with van der Waals surface area (Å²) in [5.74, 6) is 1.35. The molecule has 23 heavy (non-hydrogen) atoms. The van der Waals surface area contributed by atoms with Crippen LogP contribution in [-0.4, -0.2) is 18.5 Å². The number of nitrogens with two attached hydrogens (primary N) is 1. The summed E-state index contributed by atoms with van der Waals surface area (Å²) in [6.07, 6.45) is 6.22. The number of hydrogen-bond acceptors (Lipinski definition) is 2. The first-order valence-corrected chi connectivity index (χ1v) is 9.28. The molecule has 2 aliphatic rings. The molecule has 1 aromatic carbocycles. The van der Waals surface area contributed by atoms with Crippen LogP contribution >= 0.6 is 23.2 Å². The highest BCUT2D eigenvalue weighted by Gasteiger charge is 2.40. The molecular weight excluding hydrogens is 331 g/mol. The fraction of sp³-hybridized carbons (Fsp3) is 0.611. The number of nitrogens with one attached hydrogen (secondary N) is 1. The van der Waals surface area contributed by atoms with E-state index in [9.17, 15) is 4.79 Å². The average molecular weight is 355 g/mol. The number of carbonyl (C=O) groups is 1. The van der Waals surface area contributed by atoms with Gasteiger partial charge in [0, 0.05) is 18.5 Å². The maximum atomic E-state index is 12.5. The molecule has 1 aromatic rings. The van der Waals surface area contributed by atoms with Crippen LogP contribution in [0.5, 0.6) is 0 Å². The van der Waals surface area contributed by atoms with E-state index in [1.807, 2.05) is 12.1 Å². The molecule has 3 rings (SSSR count). The Balaban J connectivity index is 1.51. The molecule has 126 valence electrons. The van der Waals surface area contributed by atoms with Crippen LogP contribution in [0.25, 0.3) is 0 Å². The smallest absolute Gasteiger partial charge is 0.223 e. The molecule has 3 nitrogen and oxygen atoms in total. The SMILES string of the molecule is NC1C2CCCC1CC(C(=O)NCCc1cccc(Cl)c1Cl)C2. The van der Waals surface area contributed by atoms with E-state index >= 15 is 0 Å². The fourth-order valence-corrected chi connectivity index (χ4v) is 4.62. The molecule has 2 saturated carbocycles. The highest BCUT2D eigenvalue weighted by molar-refractivity contribution is 6.42. The molecule has 0 aliphatic heterocycles. The maximum absolute atomic E-state index is 12.5. The third kappa shape index (κ3) is 3.84. The van der Waals surface area contributed by atoms with Crippen molar-refractivity contribution in [3.63, 3.8) is 0 Å². The lowest BCUT2D eigenvalue weighted by molar-refractivity contribution is -0.127. The summed E-state index contributed by atoms with van der Waals surface area (Å²) in [5, 5.41) is 4.21. The number of halogens is 2. The van der Waals surface area contributed by atoms with Crippen LogP contribution in [0.3, 0.4) is 0 Å². The fourth-order valence-electron chi connectivity index (χ4n) is 4.21. The predicted molar refractivity (Wildman–Crippen MR) is 94.7 cm³/mol. The van der Waals surface area contributed by atoms with Gasteiger partial charge in [0.15, 0.2) is 0 Å². The van der Waals surface area contributed by atoms with Crippen LogP contribution in [0.2, 0.25) is 10.0 Å². The van der Waals surface area contributed by atoms with Gasteiger partial charge in [0.2, 0.25) is 5.91 Å². The molecule has 1 amide bonds. The van der Waals surface area contributed by atoms with Gasteiger partial charge in [-0.05, 0) is 55.6 Å². The van der Waals surface area contributed by atoms with Gasteiger partial charge in [-0.3, -0.25) is 4.79 Å². The molecule has 5 heteroatoms. The van der Waals surface area contributed by atoms with Crippen molar-refractivity contribution in [3.05, 3.63) is 33.8 Å². The van der Waals surface area contributed by atoms with Crippen molar-refractivity contribution in [1.82, 2.24) is 5.32 Å². The van der Waals surface area contributed by atoms with E-state index in [-0.39, 0.29) is 11.8 Å². The van der Waals surface area contributed by atoms with Crippen LogP contribution in [-0.2, 0) is 11.2 Å². The first-order valence-electron chi connectivity index (χ1n) is 8.52. The molecule has 2 atom stereocenters. The van der Waals surface area contributed by atoms with Crippen LogP contribution in [0, 0.1) is 17.8 Å². The second-order valence-electron chi connectivity index (χ2n) is 6.95. The van der Waals surface area contributed by atoms with E-state index in [0.29, 0.717) is 40.9 Å². The van der Waals surface area contributed by atoms with Gasteiger partial charge in [0.05, 0.1) is 10.0 Å². The third-order valence-corrected chi connectivity index (χ3v) is 6.37. The highest BCUT2D eigenvalue weighted by Crippen LogP contribution is 2.41. The lowest BCUT2D eigenvalue weighted by atomic mass is 9.65. The zero-order valence-corrected chi connectivity index (χ0v) is 14.7. The second-order valence-corrected chi connectivity index (χ2v) is 7.74. The monoisotopic (exact) mass is 354 g/mol. The number of hydrogen-bond donors (Lipinski definition) is 2. The standard InChI is InChI=1S/C18H24Cl2N2O/c19-15-6-2-3-11(16(15)20)7-8-22-18(23)14-9-12-4-1-5-13(10-14)17(12)21/h2-3,6,12-14,17H,1,4-5,7-10,21H2,(H,22,23). The van der Waals surface area contributed by atoms with Crippen LogP contribution in [0.1, 0.15) is 37.7 Å². The summed E-state index contributed by atoms with van der Waals surface area (Å²) in [6, 6.07) is 5.91. The number of rotatable bonds is 4. The minimum Gasteiger partial charge on any atom is -0.356 e.